The van der Waals surface area contributed by atoms with E-state index < -0.39 is 0 Å². The van der Waals surface area contributed by atoms with Gasteiger partial charge in [0, 0.05) is 23.7 Å². The minimum atomic E-state index is 0.541. The highest BCUT2D eigenvalue weighted by atomic mass is 15.1. The SMILES string of the molecule is C=C/C(=C\C=C/C)c1nccn1-c1ccc(C(C)C)cc1.CC. The van der Waals surface area contributed by atoms with Gasteiger partial charge in [-0.05, 0) is 30.5 Å². The predicted molar refractivity (Wildman–Crippen MR) is 102 cm³/mol. The fraction of sp³-hybridized carbons (Fsp3) is 0.286. The first-order chi connectivity index (χ1) is 11.2. The zero-order valence-electron chi connectivity index (χ0n) is 15.0. The summed E-state index contributed by atoms with van der Waals surface area (Å²) >= 11 is 0. The first-order valence-corrected chi connectivity index (χ1v) is 8.26. The molecule has 0 spiro atoms. The van der Waals surface area contributed by atoms with Crippen LogP contribution < -0.4 is 0 Å². The molecule has 0 radical (unpaired) electrons. The molecule has 0 N–H and O–H groups in total. The zero-order valence-corrected chi connectivity index (χ0v) is 15.0. The highest BCUT2D eigenvalue weighted by molar-refractivity contribution is 5.71. The minimum absolute atomic E-state index is 0.541. The molecule has 0 saturated heterocycles. The summed E-state index contributed by atoms with van der Waals surface area (Å²) in [5.41, 5.74) is 3.46. The lowest BCUT2D eigenvalue weighted by atomic mass is 10.0. The Morgan fingerprint density at radius 1 is 1.17 bits per heavy atom. The van der Waals surface area contributed by atoms with Gasteiger partial charge in [-0.15, -0.1) is 0 Å². The van der Waals surface area contributed by atoms with Crippen molar-refractivity contribution in [2.24, 2.45) is 0 Å². The molecular weight excluding hydrogens is 280 g/mol. The van der Waals surface area contributed by atoms with E-state index in [0.717, 1.165) is 17.1 Å². The second kappa shape index (κ2) is 9.62. The lowest BCUT2D eigenvalue weighted by Gasteiger charge is -2.10. The van der Waals surface area contributed by atoms with Crippen LogP contribution in [0.3, 0.4) is 0 Å². The Morgan fingerprint density at radius 2 is 1.83 bits per heavy atom. The van der Waals surface area contributed by atoms with E-state index in [1.807, 2.05) is 57.5 Å². The maximum atomic E-state index is 4.46. The van der Waals surface area contributed by atoms with Gasteiger partial charge in [-0.3, -0.25) is 4.57 Å². The van der Waals surface area contributed by atoms with Crippen LogP contribution >= 0.6 is 0 Å². The average Bonchev–Trinajstić information content (AvgIpc) is 3.07. The van der Waals surface area contributed by atoms with Gasteiger partial charge in [0.25, 0.3) is 0 Å². The summed E-state index contributed by atoms with van der Waals surface area (Å²) in [5.74, 6) is 1.44. The molecule has 122 valence electrons. The molecule has 2 rings (SSSR count). The van der Waals surface area contributed by atoms with Crippen molar-refractivity contribution in [1.29, 1.82) is 0 Å². The third kappa shape index (κ3) is 4.82. The van der Waals surface area contributed by atoms with Gasteiger partial charge in [0.05, 0.1) is 0 Å². The number of benzene rings is 1. The van der Waals surface area contributed by atoms with E-state index in [2.05, 4.69) is 54.2 Å². The quantitative estimate of drug-likeness (QED) is 0.604. The smallest absolute Gasteiger partial charge is 0.144 e. The molecule has 1 aromatic carbocycles. The number of rotatable bonds is 5. The summed E-state index contributed by atoms with van der Waals surface area (Å²) in [4.78, 5) is 4.46. The van der Waals surface area contributed by atoms with Gasteiger partial charge in [0.15, 0.2) is 0 Å². The molecule has 1 aromatic heterocycles. The van der Waals surface area contributed by atoms with Crippen LogP contribution in [0.1, 0.15) is 51.9 Å². The van der Waals surface area contributed by atoms with Crippen LogP contribution in [0.5, 0.6) is 0 Å². The molecule has 0 amide bonds. The van der Waals surface area contributed by atoms with Crippen molar-refractivity contribution in [3.8, 4) is 5.69 Å². The maximum absolute atomic E-state index is 4.46. The standard InChI is InChI=1S/C19H22N2.C2H6/c1-5-7-8-16(6-2)19-20-13-14-21(19)18-11-9-17(10-12-18)15(3)4;1-2/h5-15H,2H2,1,3-4H3;1-2H3/b7-5-,16-8+;. The molecule has 2 aromatic rings. The normalized spacial score (nSPS) is 11.5. The van der Waals surface area contributed by atoms with Gasteiger partial charge in [-0.25, -0.2) is 4.98 Å². The van der Waals surface area contributed by atoms with Crippen molar-refractivity contribution in [2.45, 2.75) is 40.5 Å². The number of allylic oxidation sites excluding steroid dienone is 5. The minimum Gasteiger partial charge on any atom is -0.300 e. The summed E-state index contributed by atoms with van der Waals surface area (Å²) in [6.45, 7) is 14.3. The van der Waals surface area contributed by atoms with Crippen LogP contribution in [0.15, 0.2) is 67.5 Å². The van der Waals surface area contributed by atoms with Crippen molar-refractivity contribution >= 4 is 5.57 Å². The Hall–Kier alpha value is -2.35. The largest absolute Gasteiger partial charge is 0.300 e. The molecular formula is C21H28N2. The van der Waals surface area contributed by atoms with E-state index in [1.165, 1.54) is 5.56 Å². The Bertz CT molecular complexity index is 655. The summed E-state index contributed by atoms with van der Waals surface area (Å²) in [5, 5.41) is 0. The Morgan fingerprint density at radius 3 is 2.35 bits per heavy atom. The second-order valence-corrected chi connectivity index (χ2v) is 5.22. The van der Waals surface area contributed by atoms with E-state index >= 15 is 0 Å². The topological polar surface area (TPSA) is 17.8 Å². The Balaban J connectivity index is 0.00000127. The second-order valence-electron chi connectivity index (χ2n) is 5.22. The number of nitrogens with zero attached hydrogens (tertiary/aromatic N) is 2. The third-order valence-corrected chi connectivity index (χ3v) is 3.43. The third-order valence-electron chi connectivity index (χ3n) is 3.43. The molecule has 0 aliphatic heterocycles. The first kappa shape index (κ1) is 18.7. The highest BCUT2D eigenvalue weighted by Crippen LogP contribution is 2.21. The molecule has 0 bridgehead atoms. The number of imidazole rings is 1. The monoisotopic (exact) mass is 308 g/mol. The highest BCUT2D eigenvalue weighted by Gasteiger charge is 2.08. The Labute approximate surface area is 140 Å². The molecule has 1 heterocycles. The molecule has 2 heteroatoms. The molecule has 23 heavy (non-hydrogen) atoms. The number of hydrogen-bond acceptors (Lipinski definition) is 1. The van der Waals surface area contributed by atoms with Gasteiger partial charge in [0.2, 0.25) is 0 Å². The predicted octanol–water partition coefficient (Wildman–Crippen LogP) is 6.17. The van der Waals surface area contributed by atoms with E-state index in [4.69, 9.17) is 0 Å². The van der Waals surface area contributed by atoms with Crippen LogP contribution in [0.25, 0.3) is 11.3 Å². The van der Waals surface area contributed by atoms with Crippen LogP contribution in [0.2, 0.25) is 0 Å². The van der Waals surface area contributed by atoms with Crippen LogP contribution in [0.4, 0.5) is 0 Å². The van der Waals surface area contributed by atoms with Crippen molar-refractivity contribution in [1.82, 2.24) is 9.55 Å². The van der Waals surface area contributed by atoms with E-state index in [1.54, 1.807) is 0 Å². The van der Waals surface area contributed by atoms with Crippen molar-refractivity contribution in [3.63, 3.8) is 0 Å². The van der Waals surface area contributed by atoms with Gasteiger partial charge in [-0.1, -0.05) is 70.7 Å². The molecule has 0 fully saturated rings. The van der Waals surface area contributed by atoms with Gasteiger partial charge in [-0.2, -0.15) is 0 Å². The van der Waals surface area contributed by atoms with Crippen LogP contribution in [0, 0.1) is 0 Å². The van der Waals surface area contributed by atoms with E-state index in [9.17, 15) is 0 Å². The van der Waals surface area contributed by atoms with Crippen LogP contribution in [-0.2, 0) is 0 Å². The first-order valence-electron chi connectivity index (χ1n) is 8.26. The van der Waals surface area contributed by atoms with E-state index in [0.29, 0.717) is 5.92 Å². The average molecular weight is 308 g/mol. The maximum Gasteiger partial charge on any atom is 0.144 e. The molecule has 2 nitrogen and oxygen atoms in total. The molecule has 0 unspecified atom stereocenters. The number of hydrogen-bond donors (Lipinski definition) is 0. The fourth-order valence-electron chi connectivity index (χ4n) is 2.18. The van der Waals surface area contributed by atoms with Crippen molar-refractivity contribution in [3.05, 3.63) is 78.9 Å². The summed E-state index contributed by atoms with van der Waals surface area (Å²) in [7, 11) is 0. The lowest BCUT2D eigenvalue weighted by molar-refractivity contribution is 0.865. The van der Waals surface area contributed by atoms with Gasteiger partial charge >= 0.3 is 0 Å². The Kier molecular flexibility index (Phi) is 7.82. The summed E-state index contributed by atoms with van der Waals surface area (Å²) in [6.07, 6.45) is 11.6. The van der Waals surface area contributed by atoms with E-state index in [-0.39, 0.29) is 0 Å². The zero-order chi connectivity index (χ0) is 17.2. The van der Waals surface area contributed by atoms with Crippen molar-refractivity contribution < 1.29 is 0 Å². The van der Waals surface area contributed by atoms with Gasteiger partial charge < -0.3 is 0 Å². The van der Waals surface area contributed by atoms with Crippen molar-refractivity contribution in [2.75, 3.05) is 0 Å². The lowest BCUT2D eigenvalue weighted by Crippen LogP contribution is -1.99. The fourth-order valence-corrected chi connectivity index (χ4v) is 2.18. The molecule has 0 atom stereocenters. The molecule has 0 saturated carbocycles. The summed E-state index contributed by atoms with van der Waals surface area (Å²) < 4.78 is 2.08. The summed E-state index contributed by atoms with van der Waals surface area (Å²) in [6, 6.07) is 8.62. The molecule has 0 aliphatic rings. The molecule has 0 aliphatic carbocycles. The van der Waals surface area contributed by atoms with Crippen LogP contribution in [-0.4, -0.2) is 9.55 Å². The van der Waals surface area contributed by atoms with Gasteiger partial charge in [0.1, 0.15) is 5.82 Å². The number of aromatic nitrogens is 2.